The summed E-state index contributed by atoms with van der Waals surface area (Å²) >= 11 is 1.66. The molecular formula is C10H19N3S. The van der Waals surface area contributed by atoms with E-state index in [-0.39, 0.29) is 0 Å². The molecule has 0 saturated heterocycles. The van der Waals surface area contributed by atoms with Gasteiger partial charge in [-0.1, -0.05) is 6.92 Å². The minimum Gasteiger partial charge on any atom is -0.330 e. The Morgan fingerprint density at radius 2 is 2.50 bits per heavy atom. The molecule has 1 rings (SSSR count). The second-order valence-electron chi connectivity index (χ2n) is 3.62. The van der Waals surface area contributed by atoms with Crippen molar-refractivity contribution in [3.05, 3.63) is 16.6 Å². The van der Waals surface area contributed by atoms with Crippen molar-refractivity contribution in [2.45, 2.75) is 19.8 Å². The fourth-order valence-corrected chi connectivity index (χ4v) is 1.91. The molecule has 0 aliphatic carbocycles. The van der Waals surface area contributed by atoms with Gasteiger partial charge in [0, 0.05) is 18.3 Å². The average molecular weight is 213 g/mol. The molecule has 3 N–H and O–H groups in total. The van der Waals surface area contributed by atoms with Crippen LogP contribution >= 0.6 is 11.3 Å². The molecule has 1 aromatic rings. The second kappa shape index (κ2) is 6.92. The smallest absolute Gasteiger partial charge is 0.0794 e. The van der Waals surface area contributed by atoms with Gasteiger partial charge in [-0.05, 0) is 25.4 Å². The Hall–Kier alpha value is -0.450. The summed E-state index contributed by atoms with van der Waals surface area (Å²) in [5.74, 6) is 0.676. The molecule has 0 amide bonds. The fourth-order valence-electron chi connectivity index (χ4n) is 1.31. The number of aromatic nitrogens is 1. The topological polar surface area (TPSA) is 50.9 Å². The van der Waals surface area contributed by atoms with Crippen LogP contribution in [0.15, 0.2) is 10.9 Å². The van der Waals surface area contributed by atoms with Crippen LogP contribution in [-0.2, 0) is 6.42 Å². The molecule has 1 atom stereocenters. The van der Waals surface area contributed by atoms with Gasteiger partial charge in [0.15, 0.2) is 0 Å². The van der Waals surface area contributed by atoms with Gasteiger partial charge in [0.2, 0.25) is 0 Å². The zero-order valence-electron chi connectivity index (χ0n) is 8.70. The van der Waals surface area contributed by atoms with Crippen molar-refractivity contribution in [3.8, 4) is 0 Å². The predicted octanol–water partition coefficient (Wildman–Crippen LogP) is 1.26. The van der Waals surface area contributed by atoms with Crippen molar-refractivity contribution < 1.29 is 0 Å². The van der Waals surface area contributed by atoms with Crippen molar-refractivity contribution in [3.63, 3.8) is 0 Å². The van der Waals surface area contributed by atoms with E-state index in [1.165, 1.54) is 5.69 Å². The van der Waals surface area contributed by atoms with Gasteiger partial charge in [-0.15, -0.1) is 11.3 Å². The highest BCUT2D eigenvalue weighted by Crippen LogP contribution is 2.01. The summed E-state index contributed by atoms with van der Waals surface area (Å²) in [5, 5.41) is 5.52. The maximum absolute atomic E-state index is 5.47. The molecule has 0 radical (unpaired) electrons. The van der Waals surface area contributed by atoms with Gasteiger partial charge in [-0.2, -0.15) is 0 Å². The van der Waals surface area contributed by atoms with E-state index in [4.69, 9.17) is 5.73 Å². The molecule has 0 saturated carbocycles. The lowest BCUT2D eigenvalue weighted by atomic mass is 10.1. The van der Waals surface area contributed by atoms with Crippen molar-refractivity contribution >= 4 is 11.3 Å². The standard InChI is InChI=1S/C10H19N3S/c1-9(2-4-11)6-12-5-3-10-7-14-8-13-10/h7-9,12H,2-6,11H2,1H3. The molecular weight excluding hydrogens is 194 g/mol. The van der Waals surface area contributed by atoms with Gasteiger partial charge in [0.25, 0.3) is 0 Å². The highest BCUT2D eigenvalue weighted by atomic mass is 32.1. The summed E-state index contributed by atoms with van der Waals surface area (Å²) in [7, 11) is 0. The van der Waals surface area contributed by atoms with E-state index >= 15 is 0 Å². The van der Waals surface area contributed by atoms with Crippen LogP contribution in [0.1, 0.15) is 19.0 Å². The third-order valence-electron chi connectivity index (χ3n) is 2.19. The monoisotopic (exact) mass is 213 g/mol. The Balaban J connectivity index is 1.99. The van der Waals surface area contributed by atoms with Crippen molar-refractivity contribution in [2.24, 2.45) is 11.7 Å². The van der Waals surface area contributed by atoms with Crippen molar-refractivity contribution in [1.82, 2.24) is 10.3 Å². The first kappa shape index (κ1) is 11.6. The van der Waals surface area contributed by atoms with E-state index in [0.717, 1.165) is 32.5 Å². The summed E-state index contributed by atoms with van der Waals surface area (Å²) in [6, 6.07) is 0. The van der Waals surface area contributed by atoms with Gasteiger partial charge >= 0.3 is 0 Å². The molecule has 1 unspecified atom stereocenters. The second-order valence-corrected chi connectivity index (χ2v) is 4.34. The van der Waals surface area contributed by atoms with Gasteiger partial charge in [-0.25, -0.2) is 4.98 Å². The summed E-state index contributed by atoms with van der Waals surface area (Å²) in [4.78, 5) is 4.23. The maximum atomic E-state index is 5.47. The Labute approximate surface area is 89.7 Å². The molecule has 3 nitrogen and oxygen atoms in total. The van der Waals surface area contributed by atoms with Gasteiger partial charge in [-0.3, -0.25) is 0 Å². The number of nitrogens with two attached hydrogens (primary N) is 1. The third-order valence-corrected chi connectivity index (χ3v) is 2.83. The fraction of sp³-hybridized carbons (Fsp3) is 0.700. The Kier molecular flexibility index (Phi) is 5.75. The van der Waals surface area contributed by atoms with Crippen molar-refractivity contribution in [2.75, 3.05) is 19.6 Å². The number of hydrogen-bond donors (Lipinski definition) is 2. The minimum absolute atomic E-state index is 0.676. The lowest BCUT2D eigenvalue weighted by molar-refractivity contribution is 0.488. The van der Waals surface area contributed by atoms with E-state index < -0.39 is 0 Å². The number of nitrogens with zero attached hydrogens (tertiary/aromatic N) is 1. The number of rotatable bonds is 7. The molecule has 0 spiro atoms. The number of nitrogens with one attached hydrogen (secondary N) is 1. The lowest BCUT2D eigenvalue weighted by Crippen LogP contribution is -2.24. The van der Waals surface area contributed by atoms with Gasteiger partial charge < -0.3 is 11.1 Å². The zero-order valence-corrected chi connectivity index (χ0v) is 9.52. The first-order valence-electron chi connectivity index (χ1n) is 5.10. The Bertz CT molecular complexity index is 223. The predicted molar refractivity (Wildman–Crippen MR) is 61.5 cm³/mol. The quantitative estimate of drug-likeness (QED) is 0.670. The van der Waals surface area contributed by atoms with Crippen LogP contribution in [0.2, 0.25) is 0 Å². The van der Waals surface area contributed by atoms with Crippen molar-refractivity contribution in [1.29, 1.82) is 0 Å². The zero-order chi connectivity index (χ0) is 10.2. The van der Waals surface area contributed by atoms with Crippen LogP contribution in [-0.4, -0.2) is 24.6 Å². The summed E-state index contributed by atoms with van der Waals surface area (Å²) in [6.07, 6.45) is 2.13. The van der Waals surface area contributed by atoms with Crippen LogP contribution in [0.25, 0.3) is 0 Å². The van der Waals surface area contributed by atoms with E-state index in [9.17, 15) is 0 Å². The Morgan fingerprint density at radius 3 is 3.14 bits per heavy atom. The van der Waals surface area contributed by atoms with Crippen LogP contribution in [0.4, 0.5) is 0 Å². The van der Waals surface area contributed by atoms with Crippen LogP contribution < -0.4 is 11.1 Å². The van der Waals surface area contributed by atoms with Crippen LogP contribution in [0.5, 0.6) is 0 Å². The lowest BCUT2D eigenvalue weighted by Gasteiger charge is -2.10. The molecule has 0 aliphatic heterocycles. The first-order chi connectivity index (χ1) is 6.83. The molecule has 80 valence electrons. The highest BCUT2D eigenvalue weighted by molar-refractivity contribution is 7.07. The molecule has 14 heavy (non-hydrogen) atoms. The third kappa shape index (κ3) is 4.69. The molecule has 0 aliphatic rings. The van der Waals surface area contributed by atoms with E-state index in [0.29, 0.717) is 5.92 Å². The normalized spacial score (nSPS) is 13.0. The summed E-state index contributed by atoms with van der Waals surface area (Å²) < 4.78 is 0. The number of hydrogen-bond acceptors (Lipinski definition) is 4. The highest BCUT2D eigenvalue weighted by Gasteiger charge is 2.00. The van der Waals surface area contributed by atoms with E-state index in [1.807, 2.05) is 5.51 Å². The Morgan fingerprint density at radius 1 is 1.64 bits per heavy atom. The average Bonchev–Trinajstić information content (AvgIpc) is 2.65. The SMILES string of the molecule is CC(CCN)CNCCc1cscn1. The van der Waals surface area contributed by atoms with E-state index in [2.05, 4.69) is 22.6 Å². The van der Waals surface area contributed by atoms with E-state index in [1.54, 1.807) is 11.3 Å². The molecule has 0 fully saturated rings. The van der Waals surface area contributed by atoms with Gasteiger partial charge in [0.1, 0.15) is 0 Å². The molecule has 1 aromatic heterocycles. The summed E-state index contributed by atoms with van der Waals surface area (Å²) in [5.41, 5.74) is 8.54. The molecule has 0 bridgehead atoms. The van der Waals surface area contributed by atoms with Crippen LogP contribution in [0, 0.1) is 5.92 Å². The molecule has 1 heterocycles. The largest absolute Gasteiger partial charge is 0.330 e. The van der Waals surface area contributed by atoms with Crippen LogP contribution in [0.3, 0.4) is 0 Å². The maximum Gasteiger partial charge on any atom is 0.0794 e. The van der Waals surface area contributed by atoms with Gasteiger partial charge in [0.05, 0.1) is 11.2 Å². The molecule has 0 aromatic carbocycles. The minimum atomic E-state index is 0.676. The summed E-state index contributed by atoms with van der Waals surface area (Å²) in [6.45, 7) is 5.08. The number of thiazole rings is 1. The molecule has 4 heteroatoms. The first-order valence-corrected chi connectivity index (χ1v) is 6.05.